The van der Waals surface area contributed by atoms with Crippen molar-refractivity contribution < 1.29 is 14.8 Å². The molecule has 0 bridgehead atoms. The Hall–Kier alpha value is -1.02. The minimum atomic E-state index is -1.73. The third kappa shape index (κ3) is 4.49. The molecule has 2 aromatic rings. The maximum Gasteiger partial charge on any atom is 0.490 e. The van der Waals surface area contributed by atoms with Crippen LogP contribution in [0.3, 0.4) is 0 Å². The van der Waals surface area contributed by atoms with Gasteiger partial charge in [0.05, 0.1) is 10.7 Å². The van der Waals surface area contributed by atoms with E-state index in [1.807, 2.05) is 0 Å². The van der Waals surface area contributed by atoms with Crippen LogP contribution in [0.5, 0.6) is 5.75 Å². The van der Waals surface area contributed by atoms with E-state index in [0.717, 1.165) is 0 Å². The number of anilines is 1. The SMILES string of the molecule is OB(O)c1cc(NC(=S)Oc2ccc(Cl)cc2)c(Cl)cc1Cl. The van der Waals surface area contributed by atoms with E-state index >= 15 is 0 Å². The molecule has 0 amide bonds. The highest BCUT2D eigenvalue weighted by atomic mass is 35.5. The summed E-state index contributed by atoms with van der Waals surface area (Å²) in [6.07, 6.45) is 0. The molecule has 3 N–H and O–H groups in total. The zero-order chi connectivity index (χ0) is 16.3. The lowest BCUT2D eigenvalue weighted by molar-refractivity contribution is 0.426. The van der Waals surface area contributed by atoms with Crippen LogP contribution >= 0.6 is 47.0 Å². The summed E-state index contributed by atoms with van der Waals surface area (Å²) in [4.78, 5) is 0. The normalized spacial score (nSPS) is 10.2. The van der Waals surface area contributed by atoms with E-state index in [1.54, 1.807) is 24.3 Å². The van der Waals surface area contributed by atoms with Crippen molar-refractivity contribution >= 4 is 70.5 Å². The number of thiocarbonyl (C=S) groups is 1. The highest BCUT2D eigenvalue weighted by molar-refractivity contribution is 7.80. The first kappa shape index (κ1) is 17.3. The third-order valence-corrected chi connectivity index (χ3v) is 3.70. The van der Waals surface area contributed by atoms with Gasteiger partial charge in [0.15, 0.2) is 0 Å². The van der Waals surface area contributed by atoms with E-state index in [0.29, 0.717) is 16.5 Å². The summed E-state index contributed by atoms with van der Waals surface area (Å²) in [6, 6.07) is 9.40. The third-order valence-electron chi connectivity index (χ3n) is 2.63. The summed E-state index contributed by atoms with van der Waals surface area (Å²) in [6.45, 7) is 0. The minimum Gasteiger partial charge on any atom is -0.432 e. The average Bonchev–Trinajstić information content (AvgIpc) is 2.44. The van der Waals surface area contributed by atoms with E-state index in [-0.39, 0.29) is 20.7 Å². The van der Waals surface area contributed by atoms with Crippen LogP contribution in [0.25, 0.3) is 0 Å². The van der Waals surface area contributed by atoms with Crippen LogP contribution in [0, 0.1) is 0 Å². The van der Waals surface area contributed by atoms with Crippen molar-refractivity contribution in [2.24, 2.45) is 0 Å². The molecular weight excluding hydrogens is 367 g/mol. The monoisotopic (exact) mass is 375 g/mol. The Bertz CT molecular complexity index is 698. The first-order valence-corrected chi connectivity index (χ1v) is 7.50. The maximum absolute atomic E-state index is 9.24. The van der Waals surface area contributed by atoms with Crippen LogP contribution in [-0.4, -0.2) is 22.3 Å². The Morgan fingerprint density at radius 1 is 1.05 bits per heavy atom. The number of nitrogens with one attached hydrogen (secondary N) is 1. The molecule has 0 radical (unpaired) electrons. The van der Waals surface area contributed by atoms with Gasteiger partial charge in [0, 0.05) is 15.5 Å². The van der Waals surface area contributed by atoms with E-state index in [4.69, 9.17) is 51.8 Å². The summed E-state index contributed by atoms with van der Waals surface area (Å²) in [5.41, 5.74) is 0.441. The van der Waals surface area contributed by atoms with Crippen molar-refractivity contribution in [3.05, 3.63) is 51.5 Å². The molecule has 2 rings (SSSR count). The zero-order valence-electron chi connectivity index (χ0n) is 10.9. The highest BCUT2D eigenvalue weighted by Crippen LogP contribution is 2.25. The lowest BCUT2D eigenvalue weighted by Crippen LogP contribution is -2.31. The summed E-state index contributed by atoms with van der Waals surface area (Å²) in [5.74, 6) is 0.495. The molecule has 0 atom stereocenters. The fourth-order valence-corrected chi connectivity index (χ4v) is 2.46. The predicted octanol–water partition coefficient (Wildman–Crippen LogP) is 3.10. The molecule has 0 aromatic heterocycles. The topological polar surface area (TPSA) is 61.7 Å². The number of ether oxygens (including phenoxy) is 1. The van der Waals surface area contributed by atoms with Crippen molar-refractivity contribution in [2.45, 2.75) is 0 Å². The average molecular weight is 376 g/mol. The molecule has 0 aliphatic carbocycles. The fourth-order valence-electron chi connectivity index (χ4n) is 1.60. The number of halogens is 3. The lowest BCUT2D eigenvalue weighted by atomic mass is 9.80. The minimum absolute atomic E-state index is 0.0323. The predicted molar refractivity (Wildman–Crippen MR) is 94.6 cm³/mol. The first-order valence-electron chi connectivity index (χ1n) is 5.96. The molecule has 4 nitrogen and oxygen atoms in total. The van der Waals surface area contributed by atoms with Gasteiger partial charge < -0.3 is 20.1 Å². The second-order valence-corrected chi connectivity index (χ2v) is 5.82. The van der Waals surface area contributed by atoms with Crippen molar-refractivity contribution in [1.82, 2.24) is 0 Å². The van der Waals surface area contributed by atoms with Crippen LogP contribution in [0.4, 0.5) is 5.69 Å². The first-order chi connectivity index (χ1) is 10.4. The Labute approximate surface area is 147 Å². The van der Waals surface area contributed by atoms with Gasteiger partial charge in [0.25, 0.3) is 5.17 Å². The van der Waals surface area contributed by atoms with Gasteiger partial charge in [0.1, 0.15) is 5.75 Å². The van der Waals surface area contributed by atoms with Crippen LogP contribution < -0.4 is 15.5 Å². The number of hydrogen-bond donors (Lipinski definition) is 3. The molecule has 0 heterocycles. The number of benzene rings is 2. The molecule has 9 heteroatoms. The van der Waals surface area contributed by atoms with Gasteiger partial charge in [-0.1, -0.05) is 34.8 Å². The summed E-state index contributed by atoms with van der Waals surface area (Å²) >= 11 is 22.7. The molecule has 0 spiro atoms. The summed E-state index contributed by atoms with van der Waals surface area (Å²) < 4.78 is 5.40. The van der Waals surface area contributed by atoms with Crippen molar-refractivity contribution in [1.29, 1.82) is 0 Å². The molecule has 22 heavy (non-hydrogen) atoms. The van der Waals surface area contributed by atoms with Crippen molar-refractivity contribution in [2.75, 3.05) is 5.32 Å². The molecule has 0 saturated heterocycles. The Balaban J connectivity index is 2.14. The smallest absolute Gasteiger partial charge is 0.432 e. The van der Waals surface area contributed by atoms with Gasteiger partial charge in [-0.05, 0) is 48.6 Å². The number of hydrogen-bond acceptors (Lipinski definition) is 4. The standard InChI is InChI=1S/C13H9BCl3NO3S/c15-7-1-3-8(4-2-7)21-13(22)18-12-5-9(14(19)20)10(16)6-11(12)17/h1-6,19-20H,(H,18,22). The summed E-state index contributed by atoms with van der Waals surface area (Å²) in [5, 5.41) is 22.2. The van der Waals surface area contributed by atoms with Crippen molar-refractivity contribution in [3.8, 4) is 5.75 Å². The molecule has 0 unspecified atom stereocenters. The fraction of sp³-hybridized carbons (Fsp3) is 0. The van der Waals surface area contributed by atoms with Gasteiger partial charge in [-0.25, -0.2) is 0 Å². The molecule has 0 aliphatic heterocycles. The highest BCUT2D eigenvalue weighted by Gasteiger charge is 2.18. The largest absolute Gasteiger partial charge is 0.490 e. The van der Waals surface area contributed by atoms with E-state index < -0.39 is 7.12 Å². The van der Waals surface area contributed by atoms with Crippen molar-refractivity contribution in [3.63, 3.8) is 0 Å². The van der Waals surface area contributed by atoms with Crippen LogP contribution in [0.2, 0.25) is 15.1 Å². The Morgan fingerprint density at radius 3 is 2.27 bits per heavy atom. The van der Waals surface area contributed by atoms with Gasteiger partial charge in [-0.2, -0.15) is 0 Å². The van der Waals surface area contributed by atoms with E-state index in [1.165, 1.54) is 12.1 Å². The molecule has 0 saturated carbocycles. The van der Waals surface area contributed by atoms with Crippen LogP contribution in [-0.2, 0) is 0 Å². The quantitative estimate of drug-likeness (QED) is 0.568. The Kier molecular flexibility index (Phi) is 5.91. The van der Waals surface area contributed by atoms with Gasteiger partial charge in [-0.3, -0.25) is 0 Å². The van der Waals surface area contributed by atoms with Crippen LogP contribution in [0.15, 0.2) is 36.4 Å². The lowest BCUT2D eigenvalue weighted by Gasteiger charge is -2.13. The number of rotatable bonds is 3. The molecule has 114 valence electrons. The van der Waals surface area contributed by atoms with E-state index in [2.05, 4.69) is 5.32 Å². The van der Waals surface area contributed by atoms with Gasteiger partial charge in [-0.15, -0.1) is 0 Å². The van der Waals surface area contributed by atoms with Gasteiger partial charge >= 0.3 is 7.12 Å². The molecule has 2 aromatic carbocycles. The Morgan fingerprint density at radius 2 is 1.68 bits per heavy atom. The maximum atomic E-state index is 9.24. The zero-order valence-corrected chi connectivity index (χ0v) is 14.0. The van der Waals surface area contributed by atoms with E-state index in [9.17, 15) is 10.0 Å². The molecule has 0 fully saturated rings. The summed E-state index contributed by atoms with van der Waals surface area (Å²) in [7, 11) is -1.73. The molecular formula is C13H9BCl3NO3S. The van der Waals surface area contributed by atoms with Gasteiger partial charge in [0.2, 0.25) is 0 Å². The molecule has 0 aliphatic rings. The second-order valence-electron chi connectivity index (χ2n) is 4.20. The second kappa shape index (κ2) is 7.50. The van der Waals surface area contributed by atoms with Crippen LogP contribution in [0.1, 0.15) is 0 Å².